The number of nitrogens with zero attached hydrogens (tertiary/aromatic N) is 5. The van der Waals surface area contributed by atoms with Crippen LogP contribution in [0.15, 0.2) is 29.0 Å². The number of pyridine rings is 1. The van der Waals surface area contributed by atoms with Crippen LogP contribution in [0.3, 0.4) is 0 Å². The van der Waals surface area contributed by atoms with Crippen LogP contribution in [0.4, 0.5) is 5.82 Å². The first-order chi connectivity index (χ1) is 12.5. The van der Waals surface area contributed by atoms with Crippen molar-refractivity contribution in [2.24, 2.45) is 5.92 Å². The molecule has 8 nitrogen and oxygen atoms in total. The van der Waals surface area contributed by atoms with Crippen molar-refractivity contribution >= 4 is 17.4 Å². The smallest absolute Gasteiger partial charge is 0.230 e. The van der Waals surface area contributed by atoms with Crippen LogP contribution >= 0.6 is 0 Å². The number of amides is 1. The lowest BCUT2D eigenvalue weighted by molar-refractivity contribution is -0.119. The molecular formula is C18H18N6O2. The summed E-state index contributed by atoms with van der Waals surface area (Å²) < 4.78 is 7.10. The summed E-state index contributed by atoms with van der Waals surface area (Å²) in [5, 5.41) is 15.8. The van der Waals surface area contributed by atoms with Gasteiger partial charge in [0.15, 0.2) is 12.0 Å². The molecular weight excluding hydrogens is 332 g/mol. The minimum Gasteiger partial charge on any atom is -0.361 e. The van der Waals surface area contributed by atoms with Crippen molar-refractivity contribution in [1.82, 2.24) is 19.4 Å². The Morgan fingerprint density at radius 3 is 2.92 bits per heavy atom. The van der Waals surface area contributed by atoms with E-state index in [4.69, 9.17) is 9.78 Å². The molecule has 0 radical (unpaired) electrons. The maximum atomic E-state index is 12.4. The van der Waals surface area contributed by atoms with Crippen molar-refractivity contribution in [2.75, 3.05) is 18.4 Å². The third-order valence-electron chi connectivity index (χ3n) is 4.72. The molecule has 3 aromatic rings. The molecule has 1 saturated heterocycles. The van der Waals surface area contributed by atoms with Gasteiger partial charge in [-0.15, -0.1) is 0 Å². The van der Waals surface area contributed by atoms with Gasteiger partial charge in [-0.3, -0.25) is 4.79 Å². The highest BCUT2D eigenvalue weighted by molar-refractivity contribution is 5.92. The van der Waals surface area contributed by atoms with Crippen molar-refractivity contribution in [3.63, 3.8) is 0 Å². The number of hydrogen-bond acceptors (Lipinski definition) is 6. The van der Waals surface area contributed by atoms with Crippen molar-refractivity contribution in [3.05, 3.63) is 36.0 Å². The number of rotatable bonds is 3. The Kier molecular flexibility index (Phi) is 3.84. The fraction of sp³-hybridized carbons (Fsp3) is 0.333. The zero-order valence-corrected chi connectivity index (χ0v) is 14.6. The molecule has 1 amide bonds. The number of aromatic nitrogens is 3. The van der Waals surface area contributed by atoms with Gasteiger partial charge in [0.25, 0.3) is 0 Å². The molecule has 132 valence electrons. The maximum absolute atomic E-state index is 12.4. The van der Waals surface area contributed by atoms with Crippen LogP contribution < -0.4 is 5.32 Å². The maximum Gasteiger partial charge on any atom is 0.230 e. The van der Waals surface area contributed by atoms with E-state index in [2.05, 4.69) is 21.7 Å². The number of fused-ring (bicyclic) bond motifs is 1. The molecule has 0 bridgehead atoms. The van der Waals surface area contributed by atoms with E-state index in [0.29, 0.717) is 25.3 Å². The summed E-state index contributed by atoms with van der Waals surface area (Å²) in [5.74, 6) is 0.981. The Morgan fingerprint density at radius 1 is 1.38 bits per heavy atom. The number of imidazole rings is 1. The monoisotopic (exact) mass is 350 g/mol. The van der Waals surface area contributed by atoms with Crippen LogP contribution in [-0.2, 0) is 4.79 Å². The van der Waals surface area contributed by atoms with Crippen LogP contribution in [0.25, 0.3) is 16.8 Å². The number of aryl methyl sites for hydroxylation is 2. The fourth-order valence-corrected chi connectivity index (χ4v) is 3.39. The van der Waals surface area contributed by atoms with Gasteiger partial charge >= 0.3 is 0 Å². The Bertz CT molecular complexity index is 1010. The standard InChI is InChI=1S/C18H18N6O2/c1-11-17(12(2)26-22-11)13-3-4-16-20-15(9-24(16)8-13)21-18(25)14-5-6-23(7-14)10-19/h3-4,8-9,14H,5-7H2,1-2H3,(H,21,25). The highest BCUT2D eigenvalue weighted by Gasteiger charge is 2.28. The molecule has 0 spiro atoms. The minimum absolute atomic E-state index is 0.0999. The Labute approximate surface area is 150 Å². The zero-order chi connectivity index (χ0) is 18.3. The van der Waals surface area contributed by atoms with E-state index in [1.54, 1.807) is 11.1 Å². The van der Waals surface area contributed by atoms with Gasteiger partial charge in [-0.05, 0) is 32.4 Å². The van der Waals surface area contributed by atoms with Gasteiger partial charge in [-0.25, -0.2) is 4.98 Å². The summed E-state index contributed by atoms with van der Waals surface area (Å²) >= 11 is 0. The summed E-state index contributed by atoms with van der Waals surface area (Å²) in [7, 11) is 0. The average molecular weight is 350 g/mol. The predicted molar refractivity (Wildman–Crippen MR) is 94.1 cm³/mol. The molecule has 0 aliphatic carbocycles. The van der Waals surface area contributed by atoms with E-state index in [-0.39, 0.29) is 11.8 Å². The summed E-state index contributed by atoms with van der Waals surface area (Å²) in [6.45, 7) is 4.87. The van der Waals surface area contributed by atoms with Crippen LogP contribution in [0.1, 0.15) is 17.9 Å². The summed E-state index contributed by atoms with van der Waals surface area (Å²) in [6.07, 6.45) is 6.49. The highest BCUT2D eigenvalue weighted by Crippen LogP contribution is 2.27. The number of anilines is 1. The van der Waals surface area contributed by atoms with E-state index >= 15 is 0 Å². The average Bonchev–Trinajstić information content (AvgIpc) is 3.32. The van der Waals surface area contributed by atoms with E-state index in [1.165, 1.54) is 0 Å². The third-order valence-corrected chi connectivity index (χ3v) is 4.72. The van der Waals surface area contributed by atoms with Crippen molar-refractivity contribution in [3.8, 4) is 17.3 Å². The molecule has 1 atom stereocenters. The Hall–Kier alpha value is -3.34. The van der Waals surface area contributed by atoms with Gasteiger partial charge in [-0.2, -0.15) is 5.26 Å². The molecule has 1 aliphatic heterocycles. The summed E-state index contributed by atoms with van der Waals surface area (Å²) in [4.78, 5) is 18.4. The lowest BCUT2D eigenvalue weighted by atomic mass is 10.1. The number of likely N-dealkylation sites (tertiary alicyclic amines) is 1. The molecule has 1 unspecified atom stereocenters. The van der Waals surface area contributed by atoms with Crippen LogP contribution in [0, 0.1) is 31.2 Å². The lowest BCUT2D eigenvalue weighted by Gasteiger charge is -2.08. The number of hydrogen-bond donors (Lipinski definition) is 1. The molecule has 4 heterocycles. The van der Waals surface area contributed by atoms with Gasteiger partial charge in [0.05, 0.1) is 17.8 Å². The molecule has 0 aromatic carbocycles. The summed E-state index contributed by atoms with van der Waals surface area (Å²) in [6, 6.07) is 3.85. The second-order valence-electron chi connectivity index (χ2n) is 6.53. The molecule has 1 N–H and O–H groups in total. The lowest BCUT2D eigenvalue weighted by Crippen LogP contribution is -2.25. The second kappa shape index (κ2) is 6.19. The van der Waals surface area contributed by atoms with Crippen LogP contribution in [0.5, 0.6) is 0 Å². The van der Waals surface area contributed by atoms with E-state index in [0.717, 1.165) is 28.2 Å². The molecule has 1 aliphatic rings. The number of nitrogens with one attached hydrogen (secondary N) is 1. The number of nitriles is 1. The Balaban J connectivity index is 1.57. The van der Waals surface area contributed by atoms with Crippen LogP contribution in [-0.4, -0.2) is 38.4 Å². The molecule has 26 heavy (non-hydrogen) atoms. The van der Waals surface area contributed by atoms with E-state index in [1.807, 2.05) is 36.6 Å². The molecule has 0 saturated carbocycles. The molecule has 8 heteroatoms. The molecule has 4 rings (SSSR count). The quantitative estimate of drug-likeness (QED) is 0.728. The van der Waals surface area contributed by atoms with Gasteiger partial charge in [0, 0.05) is 30.4 Å². The zero-order valence-electron chi connectivity index (χ0n) is 14.6. The highest BCUT2D eigenvalue weighted by atomic mass is 16.5. The first-order valence-corrected chi connectivity index (χ1v) is 8.42. The van der Waals surface area contributed by atoms with Gasteiger partial charge < -0.3 is 19.1 Å². The summed E-state index contributed by atoms with van der Waals surface area (Å²) in [5.41, 5.74) is 3.51. The van der Waals surface area contributed by atoms with Crippen LogP contribution in [0.2, 0.25) is 0 Å². The van der Waals surface area contributed by atoms with Gasteiger partial charge in [0.2, 0.25) is 5.91 Å². The van der Waals surface area contributed by atoms with Crippen molar-refractivity contribution < 1.29 is 9.32 Å². The van der Waals surface area contributed by atoms with E-state index < -0.39 is 0 Å². The Morgan fingerprint density at radius 2 is 2.23 bits per heavy atom. The first-order valence-electron chi connectivity index (χ1n) is 8.42. The van der Waals surface area contributed by atoms with Crippen molar-refractivity contribution in [2.45, 2.75) is 20.3 Å². The van der Waals surface area contributed by atoms with E-state index in [9.17, 15) is 4.79 Å². The third kappa shape index (κ3) is 2.77. The fourth-order valence-electron chi connectivity index (χ4n) is 3.39. The van der Waals surface area contributed by atoms with Crippen molar-refractivity contribution in [1.29, 1.82) is 5.26 Å². The number of carbonyl (C=O) groups is 1. The largest absolute Gasteiger partial charge is 0.361 e. The van der Waals surface area contributed by atoms with Gasteiger partial charge in [-0.1, -0.05) is 5.16 Å². The van der Waals surface area contributed by atoms with Gasteiger partial charge in [0.1, 0.15) is 11.4 Å². The minimum atomic E-state index is -0.183. The number of carbonyl (C=O) groups excluding carboxylic acids is 1. The first kappa shape index (κ1) is 16.1. The molecule has 3 aromatic heterocycles. The normalized spacial score (nSPS) is 16.8. The molecule has 1 fully saturated rings. The predicted octanol–water partition coefficient (Wildman–Crippen LogP) is 2.35. The SMILES string of the molecule is Cc1noc(C)c1-c1ccc2nc(NC(=O)C3CCN(C#N)C3)cn2c1. The second-order valence-corrected chi connectivity index (χ2v) is 6.53. The topological polar surface area (TPSA) is 99.5 Å².